The Balaban J connectivity index is 1.25. The summed E-state index contributed by atoms with van der Waals surface area (Å²) in [4.78, 5) is 26.9. The maximum atomic E-state index is 14.0. The summed E-state index contributed by atoms with van der Waals surface area (Å²) in [7, 11) is -4.49. The van der Waals surface area contributed by atoms with E-state index in [1.807, 2.05) is 41.3 Å². The predicted octanol–water partition coefficient (Wildman–Crippen LogP) is 7.99. The SMILES string of the molecule is N#Cc1ccc(CN2Cc3c(cc(Br)c(OCc4ccccc4)c3Br)C[C@H]2C(=O)NS(=O)(=O)c2ccc(NCC3CCCCC3)c([N+](=O)[O-])c2)cc1. The molecule has 0 bridgehead atoms. The molecule has 14 heteroatoms. The van der Waals surface area contributed by atoms with E-state index < -0.39 is 26.9 Å². The third-order valence-corrected chi connectivity index (χ3v) is 12.4. The van der Waals surface area contributed by atoms with Crippen molar-refractivity contribution in [1.29, 1.82) is 5.26 Å². The van der Waals surface area contributed by atoms with Gasteiger partial charge in [0.1, 0.15) is 18.0 Å². The van der Waals surface area contributed by atoms with Crippen LogP contribution in [0.5, 0.6) is 5.75 Å². The second kappa shape index (κ2) is 16.6. The third-order valence-electron chi connectivity index (χ3n) is 9.60. The van der Waals surface area contributed by atoms with E-state index in [-0.39, 0.29) is 35.8 Å². The van der Waals surface area contributed by atoms with E-state index in [1.165, 1.54) is 18.6 Å². The van der Waals surface area contributed by atoms with Crippen molar-refractivity contribution in [1.82, 2.24) is 9.62 Å². The number of ether oxygens (including phenoxy) is 1. The zero-order valence-electron chi connectivity index (χ0n) is 28.2. The number of carbonyl (C=O) groups excluding carboxylic acids is 1. The summed E-state index contributed by atoms with van der Waals surface area (Å²) >= 11 is 7.37. The lowest BCUT2D eigenvalue weighted by Gasteiger charge is -2.37. The van der Waals surface area contributed by atoms with E-state index in [9.17, 15) is 28.6 Å². The Morgan fingerprint density at radius 3 is 2.42 bits per heavy atom. The highest BCUT2D eigenvalue weighted by molar-refractivity contribution is 9.11. The number of amides is 1. The first-order valence-corrected chi connectivity index (χ1v) is 20.1. The maximum absolute atomic E-state index is 14.0. The van der Waals surface area contributed by atoms with Crippen molar-refractivity contribution in [2.75, 3.05) is 11.9 Å². The van der Waals surface area contributed by atoms with Gasteiger partial charge in [0.05, 0.1) is 36.4 Å². The number of nitro groups is 1. The Labute approximate surface area is 319 Å². The average molecular weight is 852 g/mol. The largest absolute Gasteiger partial charge is 0.487 e. The molecule has 1 amide bonds. The molecule has 1 aliphatic heterocycles. The molecule has 11 nitrogen and oxygen atoms in total. The summed E-state index contributed by atoms with van der Waals surface area (Å²) in [6, 6.07) is 23.5. The Morgan fingerprint density at radius 1 is 1.00 bits per heavy atom. The maximum Gasteiger partial charge on any atom is 0.293 e. The van der Waals surface area contributed by atoms with Crippen molar-refractivity contribution in [3.63, 3.8) is 0 Å². The number of hydrogen-bond donors (Lipinski definition) is 2. The molecule has 4 aromatic rings. The molecule has 1 atom stereocenters. The number of benzene rings is 4. The van der Waals surface area contributed by atoms with Crippen LogP contribution in [-0.4, -0.2) is 36.7 Å². The van der Waals surface area contributed by atoms with Gasteiger partial charge in [0.25, 0.3) is 21.6 Å². The van der Waals surface area contributed by atoms with Crippen LogP contribution in [0.3, 0.4) is 0 Å². The first-order valence-electron chi connectivity index (χ1n) is 17.0. The third kappa shape index (κ3) is 8.83. The molecule has 6 rings (SSSR count). The van der Waals surface area contributed by atoms with Crippen LogP contribution >= 0.6 is 31.9 Å². The van der Waals surface area contributed by atoms with Gasteiger partial charge in [0.15, 0.2) is 0 Å². The number of nitrogens with zero attached hydrogens (tertiary/aromatic N) is 3. The number of halogens is 2. The van der Waals surface area contributed by atoms with Gasteiger partial charge in [-0.25, -0.2) is 13.1 Å². The molecular formula is C38H37Br2N5O6S. The molecular weight excluding hydrogens is 814 g/mol. The van der Waals surface area contributed by atoms with Crippen molar-refractivity contribution in [2.45, 2.75) is 69.2 Å². The van der Waals surface area contributed by atoms with Crippen LogP contribution in [0.25, 0.3) is 0 Å². The number of rotatable bonds is 12. The number of nitro benzene ring substituents is 1. The zero-order valence-corrected chi connectivity index (χ0v) is 32.2. The molecule has 4 aromatic carbocycles. The van der Waals surface area contributed by atoms with Crippen molar-refractivity contribution in [3.05, 3.63) is 126 Å². The molecule has 270 valence electrons. The Kier molecular flexibility index (Phi) is 12.0. The lowest BCUT2D eigenvalue weighted by Crippen LogP contribution is -2.51. The molecule has 2 aliphatic rings. The van der Waals surface area contributed by atoms with Crippen molar-refractivity contribution in [3.8, 4) is 11.8 Å². The van der Waals surface area contributed by atoms with Crippen molar-refractivity contribution < 1.29 is 22.9 Å². The summed E-state index contributed by atoms with van der Waals surface area (Å²) < 4.78 is 37.1. The van der Waals surface area contributed by atoms with Gasteiger partial charge in [-0.15, -0.1) is 0 Å². The van der Waals surface area contributed by atoms with Crippen LogP contribution in [0.2, 0.25) is 0 Å². The Bertz CT molecular complexity index is 2100. The number of anilines is 1. The highest BCUT2D eigenvalue weighted by Gasteiger charge is 2.36. The van der Waals surface area contributed by atoms with E-state index in [2.05, 4.69) is 48.0 Å². The minimum absolute atomic E-state index is 0.174. The molecule has 0 saturated heterocycles. The first kappa shape index (κ1) is 37.5. The van der Waals surface area contributed by atoms with Gasteiger partial charge in [-0.2, -0.15) is 5.26 Å². The number of hydrogen-bond acceptors (Lipinski definition) is 9. The molecule has 2 N–H and O–H groups in total. The van der Waals surface area contributed by atoms with Crippen LogP contribution in [0.4, 0.5) is 11.4 Å². The lowest BCUT2D eigenvalue weighted by atomic mass is 9.89. The quantitative estimate of drug-likeness (QED) is 0.107. The second-order valence-corrected chi connectivity index (χ2v) is 16.5. The normalized spacial score (nSPS) is 16.4. The Morgan fingerprint density at radius 2 is 1.73 bits per heavy atom. The first-order chi connectivity index (χ1) is 25.0. The fraction of sp³-hybridized carbons (Fsp3) is 0.316. The minimum atomic E-state index is -4.49. The topological polar surface area (TPSA) is 155 Å². The summed E-state index contributed by atoms with van der Waals surface area (Å²) in [6.45, 7) is 1.45. The van der Waals surface area contributed by atoms with Gasteiger partial charge < -0.3 is 10.1 Å². The van der Waals surface area contributed by atoms with Gasteiger partial charge in [0, 0.05) is 25.7 Å². The van der Waals surface area contributed by atoms with Crippen LogP contribution in [0.15, 0.2) is 92.7 Å². The zero-order chi connectivity index (χ0) is 36.8. The lowest BCUT2D eigenvalue weighted by molar-refractivity contribution is -0.384. The molecule has 0 spiro atoms. The van der Waals surface area contributed by atoms with E-state index in [4.69, 9.17) is 4.74 Å². The Hall–Kier alpha value is -4.29. The van der Waals surface area contributed by atoms with E-state index in [0.717, 1.165) is 54.0 Å². The molecule has 1 aliphatic carbocycles. The molecule has 52 heavy (non-hydrogen) atoms. The second-order valence-electron chi connectivity index (χ2n) is 13.1. The smallest absolute Gasteiger partial charge is 0.293 e. The van der Waals surface area contributed by atoms with Gasteiger partial charge in [-0.3, -0.25) is 19.8 Å². The van der Waals surface area contributed by atoms with E-state index in [1.54, 1.807) is 24.3 Å². The van der Waals surface area contributed by atoms with Crippen LogP contribution in [0, 0.1) is 27.4 Å². The van der Waals surface area contributed by atoms with Crippen molar-refractivity contribution >= 4 is 59.2 Å². The average Bonchev–Trinajstić information content (AvgIpc) is 3.14. The molecule has 1 heterocycles. The molecule has 0 unspecified atom stereocenters. The fourth-order valence-electron chi connectivity index (χ4n) is 6.78. The molecule has 0 radical (unpaired) electrons. The summed E-state index contributed by atoms with van der Waals surface area (Å²) in [5, 5.41) is 24.5. The van der Waals surface area contributed by atoms with Gasteiger partial charge in [0.2, 0.25) is 0 Å². The highest BCUT2D eigenvalue weighted by atomic mass is 79.9. The molecule has 1 fully saturated rings. The molecule has 1 saturated carbocycles. The van der Waals surface area contributed by atoms with Gasteiger partial charge in [-0.05, 0) is 110 Å². The number of fused-ring (bicyclic) bond motifs is 1. The standard InChI is InChI=1S/C38H37Br2N5O6S/c39-32-17-29-18-35(38(46)43-52(49,50)30-15-16-33(34(19-30)45(47)48)42-21-26-7-3-1-4-8-26)44(22-27-13-11-25(20-41)12-14-27)23-31(29)36(40)37(32)51-24-28-9-5-2-6-10-28/h2,5-6,9-17,19,26,35,42H,1,3-4,7-8,18,21-24H2,(H,43,46)/t35-/m0/s1. The summed E-state index contributed by atoms with van der Waals surface area (Å²) in [5.41, 5.74) is 3.88. The highest BCUT2D eigenvalue weighted by Crippen LogP contribution is 2.42. The molecule has 0 aromatic heterocycles. The van der Waals surface area contributed by atoms with Gasteiger partial charge in [-0.1, -0.05) is 61.7 Å². The summed E-state index contributed by atoms with van der Waals surface area (Å²) in [5.74, 6) is 0.237. The monoisotopic (exact) mass is 849 g/mol. The fourth-order valence-corrected chi connectivity index (χ4v) is 9.38. The minimum Gasteiger partial charge on any atom is -0.487 e. The van der Waals surface area contributed by atoms with E-state index in [0.29, 0.717) is 39.3 Å². The number of nitriles is 1. The number of carbonyl (C=O) groups is 1. The van der Waals surface area contributed by atoms with Crippen LogP contribution < -0.4 is 14.8 Å². The van der Waals surface area contributed by atoms with Crippen LogP contribution in [0.1, 0.15) is 59.9 Å². The van der Waals surface area contributed by atoms with Crippen LogP contribution in [-0.2, 0) is 40.9 Å². The van der Waals surface area contributed by atoms with Gasteiger partial charge >= 0.3 is 0 Å². The van der Waals surface area contributed by atoms with Crippen molar-refractivity contribution in [2.24, 2.45) is 5.92 Å². The van der Waals surface area contributed by atoms with E-state index >= 15 is 0 Å². The number of sulfonamides is 1. The number of nitrogens with one attached hydrogen (secondary N) is 2. The predicted molar refractivity (Wildman–Crippen MR) is 204 cm³/mol. The summed E-state index contributed by atoms with van der Waals surface area (Å²) in [6.07, 6.45) is 5.71.